The molecular formula is C24H25N3O4S. The van der Waals surface area contributed by atoms with E-state index < -0.39 is 18.0 Å². The monoisotopic (exact) mass is 451 g/mol. The normalized spacial score (nSPS) is 16.8. The van der Waals surface area contributed by atoms with Gasteiger partial charge in [-0.3, -0.25) is 4.79 Å². The number of ether oxygens (including phenoxy) is 1. The Balaban J connectivity index is 1.48. The number of esters is 1. The predicted molar refractivity (Wildman–Crippen MR) is 122 cm³/mol. The van der Waals surface area contributed by atoms with Gasteiger partial charge in [0, 0.05) is 4.88 Å². The molecule has 0 saturated heterocycles. The van der Waals surface area contributed by atoms with Gasteiger partial charge in [-0.2, -0.15) is 5.26 Å². The Kier molecular flexibility index (Phi) is 5.78. The smallest absolute Gasteiger partial charge is 0.341 e. The molecule has 7 nitrogen and oxygen atoms in total. The molecule has 2 atom stereocenters. The number of thiophene rings is 1. The molecule has 0 spiro atoms. The van der Waals surface area contributed by atoms with E-state index in [0.717, 1.165) is 29.7 Å². The summed E-state index contributed by atoms with van der Waals surface area (Å²) in [4.78, 5) is 30.6. The number of carbonyl (C=O) groups excluding carboxylic acids is 2. The molecule has 0 saturated carbocycles. The summed E-state index contributed by atoms with van der Waals surface area (Å²) in [5, 5.41) is 13.1. The second kappa shape index (κ2) is 8.40. The van der Waals surface area contributed by atoms with Crippen LogP contribution in [0.3, 0.4) is 0 Å². The molecule has 32 heavy (non-hydrogen) atoms. The maximum absolute atomic E-state index is 12.8. The highest BCUT2D eigenvalue weighted by molar-refractivity contribution is 7.16. The highest BCUT2D eigenvalue weighted by Gasteiger charge is 2.33. The van der Waals surface area contributed by atoms with Crippen molar-refractivity contribution in [3.05, 3.63) is 46.2 Å². The van der Waals surface area contributed by atoms with Crippen LogP contribution >= 0.6 is 11.3 Å². The average molecular weight is 452 g/mol. The number of anilines is 1. The van der Waals surface area contributed by atoms with Gasteiger partial charge >= 0.3 is 5.97 Å². The predicted octanol–water partition coefficient (Wildman–Crippen LogP) is 5.10. The molecule has 0 fully saturated rings. The van der Waals surface area contributed by atoms with Crippen LogP contribution < -0.4 is 5.32 Å². The molecule has 1 aliphatic carbocycles. The van der Waals surface area contributed by atoms with Gasteiger partial charge in [-0.25, -0.2) is 9.78 Å². The van der Waals surface area contributed by atoms with Gasteiger partial charge in [-0.1, -0.05) is 26.8 Å². The average Bonchev–Trinajstić information content (AvgIpc) is 3.35. The zero-order chi connectivity index (χ0) is 23.0. The van der Waals surface area contributed by atoms with Crippen LogP contribution in [0, 0.1) is 22.7 Å². The lowest BCUT2D eigenvalue weighted by Gasteiger charge is -2.33. The molecule has 4 rings (SSSR count). The number of carbonyl (C=O) groups is 2. The number of nitrogens with zero attached hydrogens (tertiary/aromatic N) is 2. The van der Waals surface area contributed by atoms with Crippen LogP contribution in [0.2, 0.25) is 0 Å². The first-order valence-electron chi connectivity index (χ1n) is 10.6. The molecular weight excluding hydrogens is 426 g/mol. The van der Waals surface area contributed by atoms with Crippen LogP contribution in [-0.4, -0.2) is 23.0 Å². The van der Waals surface area contributed by atoms with E-state index in [0.29, 0.717) is 27.6 Å². The lowest BCUT2D eigenvalue weighted by Crippen LogP contribution is -2.30. The Hall–Kier alpha value is -3.18. The molecule has 0 aliphatic heterocycles. The molecule has 2 aromatic heterocycles. The number of hydrogen-bond acceptors (Lipinski definition) is 7. The summed E-state index contributed by atoms with van der Waals surface area (Å²) in [6.45, 7) is 8.21. The molecule has 166 valence electrons. The van der Waals surface area contributed by atoms with E-state index in [9.17, 15) is 14.9 Å². The summed E-state index contributed by atoms with van der Waals surface area (Å²) in [5.74, 6) is -0.609. The van der Waals surface area contributed by atoms with Crippen molar-refractivity contribution >= 4 is 39.3 Å². The number of amides is 1. The minimum absolute atomic E-state index is 0.188. The minimum atomic E-state index is -1.04. The third kappa shape index (κ3) is 4.13. The zero-order valence-corrected chi connectivity index (χ0v) is 19.3. The number of oxazole rings is 1. The van der Waals surface area contributed by atoms with E-state index in [2.05, 4.69) is 37.1 Å². The highest BCUT2D eigenvalue weighted by Crippen LogP contribution is 2.44. The van der Waals surface area contributed by atoms with Crippen LogP contribution in [0.25, 0.3) is 11.1 Å². The Morgan fingerprint density at radius 2 is 2.16 bits per heavy atom. The quantitative estimate of drug-likeness (QED) is 0.554. The second-order valence-corrected chi connectivity index (χ2v) is 10.3. The van der Waals surface area contributed by atoms with Crippen LogP contribution in [-0.2, 0) is 22.4 Å². The van der Waals surface area contributed by atoms with Crippen molar-refractivity contribution in [1.82, 2.24) is 4.98 Å². The lowest BCUT2D eigenvalue weighted by molar-refractivity contribution is -0.123. The largest absolute Gasteiger partial charge is 0.449 e. The van der Waals surface area contributed by atoms with Crippen LogP contribution in [0.15, 0.2) is 29.0 Å². The number of nitrogens with one attached hydrogen (secondary N) is 1. The van der Waals surface area contributed by atoms with Crippen molar-refractivity contribution in [2.24, 2.45) is 11.3 Å². The molecule has 1 N–H and O–H groups in total. The van der Waals surface area contributed by atoms with Gasteiger partial charge in [0.15, 0.2) is 18.1 Å². The van der Waals surface area contributed by atoms with Gasteiger partial charge in [0.1, 0.15) is 16.6 Å². The lowest BCUT2D eigenvalue weighted by atomic mass is 9.72. The van der Waals surface area contributed by atoms with Crippen LogP contribution in [0.5, 0.6) is 0 Å². The first-order valence-corrected chi connectivity index (χ1v) is 11.4. The number of hydrogen-bond donors (Lipinski definition) is 1. The van der Waals surface area contributed by atoms with E-state index in [1.54, 1.807) is 18.2 Å². The van der Waals surface area contributed by atoms with Gasteiger partial charge < -0.3 is 14.5 Å². The molecule has 0 bridgehead atoms. The maximum atomic E-state index is 12.8. The fraction of sp³-hybridized carbons (Fsp3) is 0.417. The maximum Gasteiger partial charge on any atom is 0.341 e. The van der Waals surface area contributed by atoms with E-state index in [-0.39, 0.29) is 11.0 Å². The number of nitriles is 1. The molecule has 1 amide bonds. The van der Waals surface area contributed by atoms with Crippen molar-refractivity contribution in [1.29, 1.82) is 5.26 Å². The molecule has 2 unspecified atom stereocenters. The molecule has 8 heteroatoms. The fourth-order valence-electron chi connectivity index (χ4n) is 4.07. The topological polar surface area (TPSA) is 105 Å². The zero-order valence-electron chi connectivity index (χ0n) is 18.5. The Morgan fingerprint density at radius 3 is 2.88 bits per heavy atom. The van der Waals surface area contributed by atoms with Crippen molar-refractivity contribution in [3.63, 3.8) is 0 Å². The summed E-state index contributed by atoms with van der Waals surface area (Å²) in [6, 6.07) is 7.19. The molecule has 2 heterocycles. The van der Waals surface area contributed by atoms with E-state index in [1.165, 1.54) is 24.7 Å². The number of para-hydroxylation sites is 1. The Morgan fingerprint density at radius 1 is 1.38 bits per heavy atom. The van der Waals surface area contributed by atoms with Crippen molar-refractivity contribution in [3.8, 4) is 6.07 Å². The van der Waals surface area contributed by atoms with Crippen molar-refractivity contribution < 1.29 is 18.7 Å². The van der Waals surface area contributed by atoms with Crippen molar-refractivity contribution in [2.75, 3.05) is 5.32 Å². The second-order valence-electron chi connectivity index (χ2n) is 9.17. The molecule has 3 aromatic rings. The van der Waals surface area contributed by atoms with Crippen LogP contribution in [0.1, 0.15) is 60.5 Å². The summed E-state index contributed by atoms with van der Waals surface area (Å²) < 4.78 is 10.6. The standard InChI is InChI=1S/C24H25N3O4S/c1-13(31-23(29)16-6-5-7-18-20(16)26-12-30-18)21(28)27-22-17(11-25)15-9-8-14(24(2,3)4)10-19(15)32-22/h5-7,12-14H,8-10H2,1-4H3,(H,27,28). The van der Waals surface area contributed by atoms with E-state index in [4.69, 9.17) is 9.15 Å². The number of benzene rings is 1. The van der Waals surface area contributed by atoms with E-state index >= 15 is 0 Å². The van der Waals surface area contributed by atoms with E-state index in [1.807, 2.05) is 0 Å². The molecule has 1 aliphatic rings. The van der Waals surface area contributed by atoms with Crippen molar-refractivity contribution in [2.45, 2.75) is 53.1 Å². The molecule has 1 aromatic carbocycles. The van der Waals surface area contributed by atoms with Gasteiger partial charge in [0.2, 0.25) is 0 Å². The van der Waals surface area contributed by atoms with Crippen LogP contribution in [0.4, 0.5) is 5.00 Å². The summed E-state index contributed by atoms with van der Waals surface area (Å²) >= 11 is 1.45. The summed E-state index contributed by atoms with van der Waals surface area (Å²) in [7, 11) is 0. The summed E-state index contributed by atoms with van der Waals surface area (Å²) in [6.07, 6.45) is 2.97. The Labute approximate surface area is 190 Å². The first kappa shape index (κ1) is 22.0. The summed E-state index contributed by atoms with van der Waals surface area (Å²) in [5.41, 5.74) is 2.83. The third-order valence-electron chi connectivity index (χ3n) is 6.07. The number of rotatable bonds is 4. The van der Waals surface area contributed by atoms with Gasteiger partial charge in [-0.15, -0.1) is 11.3 Å². The number of fused-ring (bicyclic) bond motifs is 2. The molecule has 0 radical (unpaired) electrons. The number of aromatic nitrogens is 1. The van der Waals surface area contributed by atoms with Gasteiger partial charge in [-0.05, 0) is 55.2 Å². The van der Waals surface area contributed by atoms with Gasteiger partial charge in [0.25, 0.3) is 5.91 Å². The SMILES string of the molecule is CC(OC(=O)c1cccc2ocnc12)C(=O)Nc1sc2c(c1C#N)CCC(C(C)(C)C)C2. The minimum Gasteiger partial charge on any atom is -0.449 e. The van der Waals surface area contributed by atoms with Gasteiger partial charge in [0.05, 0.1) is 11.1 Å². The first-order chi connectivity index (χ1) is 15.2. The fourth-order valence-corrected chi connectivity index (χ4v) is 5.35. The Bertz CT molecular complexity index is 1230. The third-order valence-corrected chi connectivity index (χ3v) is 7.24. The highest BCUT2D eigenvalue weighted by atomic mass is 32.1.